The molecule has 0 saturated heterocycles. The molecule has 0 aromatic heterocycles. The van der Waals surface area contributed by atoms with Crippen LogP contribution in [-0.4, -0.2) is 32.1 Å². The van der Waals surface area contributed by atoms with Crippen LogP contribution in [0.3, 0.4) is 0 Å². The van der Waals surface area contributed by atoms with Crippen molar-refractivity contribution in [1.29, 1.82) is 0 Å². The molecule has 4 saturated carbocycles. The highest BCUT2D eigenvalue weighted by atomic mass is 19.3. The molecule has 4 fully saturated rings. The maximum atomic E-state index is 12.9. The summed E-state index contributed by atoms with van der Waals surface area (Å²) in [6.07, 6.45) is 6.66. The van der Waals surface area contributed by atoms with Gasteiger partial charge < -0.3 is 20.1 Å². The summed E-state index contributed by atoms with van der Waals surface area (Å²) in [6.45, 7) is -2.82. The van der Waals surface area contributed by atoms with E-state index in [0.717, 1.165) is 19.3 Å². The van der Waals surface area contributed by atoms with Gasteiger partial charge in [-0.05, 0) is 74.0 Å². The Morgan fingerprint density at radius 3 is 2.27 bits per heavy atom. The molecule has 1 aromatic carbocycles. The smallest absolute Gasteiger partial charge is 0.387 e. The lowest BCUT2D eigenvalue weighted by Crippen LogP contribution is -2.54. The van der Waals surface area contributed by atoms with Crippen LogP contribution in [0.15, 0.2) is 18.2 Å². The van der Waals surface area contributed by atoms with Gasteiger partial charge in [0.15, 0.2) is 11.5 Å². The van der Waals surface area contributed by atoms with Gasteiger partial charge in [-0.1, -0.05) is 6.07 Å². The van der Waals surface area contributed by atoms with E-state index in [0.29, 0.717) is 23.3 Å². The summed E-state index contributed by atoms with van der Waals surface area (Å²) in [6, 6.07) is 4.49. The molecule has 0 spiro atoms. The molecule has 4 aliphatic rings. The van der Waals surface area contributed by atoms with Gasteiger partial charge in [-0.15, -0.1) is 0 Å². The fourth-order valence-corrected chi connectivity index (χ4v) is 6.02. The van der Waals surface area contributed by atoms with Gasteiger partial charge in [0.25, 0.3) is 0 Å². The monoisotopic (exact) mass is 422 g/mol. The lowest BCUT2D eigenvalue weighted by atomic mass is 9.49. The third-order valence-corrected chi connectivity index (χ3v) is 6.86. The predicted molar refractivity (Wildman–Crippen MR) is 105 cm³/mol. The lowest BCUT2D eigenvalue weighted by Gasteiger charge is -2.55. The van der Waals surface area contributed by atoms with Crippen LogP contribution in [-0.2, 0) is 16.1 Å². The van der Waals surface area contributed by atoms with Gasteiger partial charge in [0.2, 0.25) is 11.8 Å². The highest BCUT2D eigenvalue weighted by Crippen LogP contribution is 2.60. The normalized spacial score (nSPS) is 29.0. The van der Waals surface area contributed by atoms with Crippen LogP contribution >= 0.6 is 0 Å². The second kappa shape index (κ2) is 8.40. The summed E-state index contributed by atoms with van der Waals surface area (Å²) in [5.74, 6) is 1.84. The molecule has 5 rings (SSSR count). The summed E-state index contributed by atoms with van der Waals surface area (Å²) in [4.78, 5) is 25.1. The maximum absolute atomic E-state index is 12.9. The molecule has 4 aliphatic carbocycles. The molecule has 0 unspecified atom stereocenters. The second-order valence-electron chi connectivity index (χ2n) is 9.02. The van der Waals surface area contributed by atoms with Gasteiger partial charge >= 0.3 is 6.61 Å². The number of alkyl halides is 2. The molecule has 2 amide bonds. The van der Waals surface area contributed by atoms with Crippen molar-refractivity contribution in [2.75, 3.05) is 13.7 Å². The maximum Gasteiger partial charge on any atom is 0.387 e. The molecule has 1 aromatic rings. The lowest BCUT2D eigenvalue weighted by molar-refractivity contribution is -0.147. The number of carbonyl (C=O) groups excluding carboxylic acids is 2. The summed E-state index contributed by atoms with van der Waals surface area (Å²) in [5.41, 5.74) is 0.400. The largest absolute Gasteiger partial charge is 0.493 e. The van der Waals surface area contributed by atoms with E-state index in [-0.39, 0.29) is 41.8 Å². The first kappa shape index (κ1) is 20.9. The van der Waals surface area contributed by atoms with Crippen LogP contribution in [0, 0.1) is 23.2 Å². The first-order valence-corrected chi connectivity index (χ1v) is 10.5. The topological polar surface area (TPSA) is 76.7 Å². The number of nitrogens with one attached hydrogen (secondary N) is 2. The Hall–Kier alpha value is -2.38. The summed E-state index contributed by atoms with van der Waals surface area (Å²) in [7, 11) is 1.36. The number of amides is 2. The second-order valence-corrected chi connectivity index (χ2v) is 9.02. The van der Waals surface area contributed by atoms with E-state index in [1.54, 1.807) is 6.07 Å². The first-order chi connectivity index (χ1) is 14.4. The minimum atomic E-state index is -2.94. The molecule has 0 atom stereocenters. The van der Waals surface area contributed by atoms with Gasteiger partial charge in [0.1, 0.15) is 0 Å². The van der Waals surface area contributed by atoms with Gasteiger partial charge in [0.05, 0.1) is 13.7 Å². The van der Waals surface area contributed by atoms with Crippen LogP contribution < -0.4 is 20.1 Å². The number of methoxy groups -OCH3 is 1. The van der Waals surface area contributed by atoms with Crippen LogP contribution in [0.25, 0.3) is 0 Å². The Balaban J connectivity index is 1.27. The van der Waals surface area contributed by atoms with Crippen molar-refractivity contribution in [2.45, 2.75) is 51.7 Å². The summed E-state index contributed by atoms with van der Waals surface area (Å²) in [5, 5.41) is 5.59. The minimum absolute atomic E-state index is 0.0203. The van der Waals surface area contributed by atoms with E-state index < -0.39 is 6.61 Å². The van der Waals surface area contributed by atoms with E-state index in [2.05, 4.69) is 15.4 Å². The molecule has 6 nitrogen and oxygen atoms in total. The number of rotatable bonds is 8. The van der Waals surface area contributed by atoms with Gasteiger partial charge in [-0.3, -0.25) is 9.59 Å². The van der Waals surface area contributed by atoms with Crippen molar-refractivity contribution in [2.24, 2.45) is 23.2 Å². The number of hydrogen-bond acceptors (Lipinski definition) is 4. The van der Waals surface area contributed by atoms with Crippen molar-refractivity contribution in [3.8, 4) is 11.5 Å². The fraction of sp³-hybridized carbons (Fsp3) is 0.636. The van der Waals surface area contributed by atoms with Crippen molar-refractivity contribution < 1.29 is 27.8 Å². The molecule has 164 valence electrons. The molecule has 2 N–H and O–H groups in total. The number of ether oxygens (including phenoxy) is 2. The average molecular weight is 422 g/mol. The van der Waals surface area contributed by atoms with Crippen molar-refractivity contribution in [1.82, 2.24) is 10.6 Å². The van der Waals surface area contributed by atoms with Gasteiger partial charge in [-0.25, -0.2) is 0 Å². The Kier molecular flexibility index (Phi) is 5.84. The Morgan fingerprint density at radius 2 is 1.70 bits per heavy atom. The van der Waals surface area contributed by atoms with E-state index >= 15 is 0 Å². The molecular formula is C22H28F2N2O4. The van der Waals surface area contributed by atoms with Crippen LogP contribution in [0.5, 0.6) is 11.5 Å². The molecular weight excluding hydrogens is 394 g/mol. The van der Waals surface area contributed by atoms with E-state index in [1.165, 1.54) is 38.5 Å². The van der Waals surface area contributed by atoms with Crippen molar-refractivity contribution >= 4 is 11.8 Å². The number of benzene rings is 1. The highest BCUT2D eigenvalue weighted by molar-refractivity contribution is 5.88. The van der Waals surface area contributed by atoms with Gasteiger partial charge in [-0.2, -0.15) is 8.78 Å². The van der Waals surface area contributed by atoms with Crippen molar-refractivity contribution in [3.05, 3.63) is 23.8 Å². The third kappa shape index (κ3) is 4.37. The highest BCUT2D eigenvalue weighted by Gasteiger charge is 2.54. The van der Waals surface area contributed by atoms with E-state index in [4.69, 9.17) is 4.74 Å². The van der Waals surface area contributed by atoms with Crippen LogP contribution in [0.4, 0.5) is 8.78 Å². The SMILES string of the molecule is COc1cc(CNC(=O)CNC(=O)C23CC4CC(CC(C4)C2)C3)ccc1OC(F)F. The zero-order chi connectivity index (χ0) is 21.3. The van der Waals surface area contributed by atoms with Crippen molar-refractivity contribution in [3.63, 3.8) is 0 Å². The standard InChI is InChI=1S/C22H28F2N2O4/c1-29-18-7-13(2-3-17(18)30-21(23)24)11-25-19(27)12-26-20(28)22-8-14-4-15(9-22)6-16(5-14)10-22/h2-3,7,14-16,21H,4-6,8-12H2,1H3,(H,25,27)(H,26,28). The van der Waals surface area contributed by atoms with Crippen LogP contribution in [0.2, 0.25) is 0 Å². The third-order valence-electron chi connectivity index (χ3n) is 6.86. The number of carbonyl (C=O) groups is 2. The first-order valence-electron chi connectivity index (χ1n) is 10.5. The Labute approximate surface area is 174 Å². The predicted octanol–water partition coefficient (Wildman–Crippen LogP) is 3.25. The minimum Gasteiger partial charge on any atom is -0.493 e. The molecule has 4 bridgehead atoms. The summed E-state index contributed by atoms with van der Waals surface area (Å²) < 4.78 is 34.3. The molecule has 30 heavy (non-hydrogen) atoms. The Morgan fingerprint density at radius 1 is 1.07 bits per heavy atom. The Bertz CT molecular complexity index is 779. The molecule has 8 heteroatoms. The average Bonchev–Trinajstić information content (AvgIpc) is 2.69. The van der Waals surface area contributed by atoms with E-state index in [9.17, 15) is 18.4 Å². The molecule has 0 radical (unpaired) electrons. The zero-order valence-electron chi connectivity index (χ0n) is 17.1. The number of hydrogen-bond donors (Lipinski definition) is 2. The summed E-state index contributed by atoms with van der Waals surface area (Å²) >= 11 is 0. The molecule has 0 heterocycles. The number of halogens is 2. The zero-order valence-corrected chi connectivity index (χ0v) is 17.1. The van der Waals surface area contributed by atoms with Crippen LogP contribution in [0.1, 0.15) is 44.1 Å². The van der Waals surface area contributed by atoms with Gasteiger partial charge in [0, 0.05) is 12.0 Å². The van der Waals surface area contributed by atoms with E-state index in [1.807, 2.05) is 0 Å². The molecule has 0 aliphatic heterocycles. The fourth-order valence-electron chi connectivity index (χ4n) is 6.02. The quantitative estimate of drug-likeness (QED) is 0.674.